The first-order valence-corrected chi connectivity index (χ1v) is 11.5. The van der Waals surface area contributed by atoms with Crippen molar-refractivity contribution in [3.05, 3.63) is 64.7 Å². The Labute approximate surface area is 172 Å². The molecule has 0 spiro atoms. The molecule has 2 aromatic rings. The van der Waals surface area contributed by atoms with Crippen LogP contribution in [0.2, 0.25) is 5.02 Å². The third kappa shape index (κ3) is 6.84. The Kier molecular flexibility index (Phi) is 7.89. The lowest BCUT2D eigenvalue weighted by atomic mass is 10.0. The van der Waals surface area contributed by atoms with E-state index in [0.717, 1.165) is 34.5 Å². The molecular weight excluding hydrogens is 396 g/mol. The van der Waals surface area contributed by atoms with Crippen LogP contribution in [-0.4, -0.2) is 33.7 Å². The number of nitrogens with one attached hydrogen (secondary N) is 1. The first-order valence-electron chi connectivity index (χ1n) is 9.25. The van der Waals surface area contributed by atoms with Crippen LogP contribution in [0.15, 0.2) is 48.5 Å². The molecule has 5 nitrogen and oxygen atoms in total. The molecule has 2 rings (SSSR count). The lowest BCUT2D eigenvalue weighted by Gasteiger charge is -2.22. The number of rotatable bonds is 9. The Hall–Kier alpha value is -2.05. The highest BCUT2D eigenvalue weighted by Crippen LogP contribution is 2.21. The number of amides is 1. The first-order chi connectivity index (χ1) is 13.2. The van der Waals surface area contributed by atoms with Crippen molar-refractivity contribution >= 4 is 33.2 Å². The molecule has 0 radical (unpaired) electrons. The Balaban J connectivity index is 1.91. The van der Waals surface area contributed by atoms with Crippen LogP contribution >= 0.6 is 11.6 Å². The Morgan fingerprint density at radius 3 is 2.21 bits per heavy atom. The average Bonchev–Trinajstić information content (AvgIpc) is 2.64. The molecule has 2 aromatic carbocycles. The van der Waals surface area contributed by atoms with Crippen molar-refractivity contribution in [3.63, 3.8) is 0 Å². The number of benzene rings is 2. The number of carbonyl (C=O) groups excluding carboxylic acids is 1. The molecule has 0 aliphatic carbocycles. The van der Waals surface area contributed by atoms with Crippen LogP contribution < -0.4 is 9.62 Å². The van der Waals surface area contributed by atoms with Gasteiger partial charge in [-0.1, -0.05) is 49.7 Å². The Bertz CT molecular complexity index is 879. The summed E-state index contributed by atoms with van der Waals surface area (Å²) in [5.41, 5.74) is 2.74. The lowest BCUT2D eigenvalue weighted by molar-refractivity contribution is -0.119. The summed E-state index contributed by atoms with van der Waals surface area (Å²) in [6.07, 6.45) is 2.68. The zero-order valence-corrected chi connectivity index (χ0v) is 18.1. The van der Waals surface area contributed by atoms with Gasteiger partial charge in [0.25, 0.3) is 0 Å². The highest BCUT2D eigenvalue weighted by Gasteiger charge is 2.20. The van der Waals surface area contributed by atoms with Gasteiger partial charge in [-0.15, -0.1) is 0 Å². The molecule has 1 N–H and O–H groups in total. The molecule has 0 atom stereocenters. The van der Waals surface area contributed by atoms with Gasteiger partial charge in [-0.05, 0) is 54.2 Å². The molecule has 0 unspecified atom stereocenters. The molecule has 28 heavy (non-hydrogen) atoms. The number of aryl methyl sites for hydroxylation is 1. The van der Waals surface area contributed by atoms with E-state index in [1.54, 1.807) is 12.1 Å². The normalized spacial score (nSPS) is 11.5. The highest BCUT2D eigenvalue weighted by molar-refractivity contribution is 7.92. The largest absolute Gasteiger partial charge is 0.355 e. The predicted octanol–water partition coefficient (Wildman–Crippen LogP) is 3.98. The van der Waals surface area contributed by atoms with E-state index in [-0.39, 0.29) is 12.5 Å². The molecular formula is C21H27ClN2O3S. The average molecular weight is 423 g/mol. The fourth-order valence-corrected chi connectivity index (χ4v) is 3.77. The van der Waals surface area contributed by atoms with Gasteiger partial charge in [-0.25, -0.2) is 8.42 Å². The Morgan fingerprint density at radius 1 is 1.07 bits per heavy atom. The van der Waals surface area contributed by atoms with E-state index in [1.165, 1.54) is 0 Å². The number of halogens is 1. The standard InChI is InChI=1S/C21H27ClN2O3S/c1-16(2)18-8-12-20(13-9-18)24(28(3,26)27)15-21(25)23-14-4-5-17-6-10-19(22)11-7-17/h6-13,16H,4-5,14-15H2,1-3H3,(H,23,25). The van der Waals surface area contributed by atoms with Crippen molar-refractivity contribution in [2.75, 3.05) is 23.7 Å². The summed E-state index contributed by atoms with van der Waals surface area (Å²) < 4.78 is 25.5. The Morgan fingerprint density at radius 2 is 1.68 bits per heavy atom. The third-order valence-electron chi connectivity index (χ3n) is 4.41. The summed E-state index contributed by atoms with van der Waals surface area (Å²) in [4.78, 5) is 12.3. The van der Waals surface area contributed by atoms with E-state index in [9.17, 15) is 13.2 Å². The van der Waals surface area contributed by atoms with Gasteiger partial charge in [-0.3, -0.25) is 9.10 Å². The monoisotopic (exact) mass is 422 g/mol. The van der Waals surface area contributed by atoms with Crippen molar-refractivity contribution in [1.82, 2.24) is 5.32 Å². The zero-order valence-electron chi connectivity index (χ0n) is 16.5. The summed E-state index contributed by atoms with van der Waals surface area (Å²) in [7, 11) is -3.56. The minimum absolute atomic E-state index is 0.235. The maximum absolute atomic E-state index is 12.3. The predicted molar refractivity (Wildman–Crippen MR) is 116 cm³/mol. The summed E-state index contributed by atoms with van der Waals surface area (Å²) in [6, 6.07) is 14.8. The first kappa shape index (κ1) is 22.2. The molecule has 1 amide bonds. The quantitative estimate of drug-likeness (QED) is 0.621. The topological polar surface area (TPSA) is 66.5 Å². The molecule has 0 fully saturated rings. The van der Waals surface area contributed by atoms with E-state index in [0.29, 0.717) is 23.2 Å². The molecule has 0 saturated carbocycles. The lowest BCUT2D eigenvalue weighted by Crippen LogP contribution is -2.40. The third-order valence-corrected chi connectivity index (χ3v) is 5.81. The molecule has 0 aliphatic rings. The van der Waals surface area contributed by atoms with Gasteiger partial charge in [0.15, 0.2) is 0 Å². The SMILES string of the molecule is CC(C)c1ccc(N(CC(=O)NCCCc2ccc(Cl)cc2)S(C)(=O)=O)cc1. The van der Waals surface area contributed by atoms with E-state index in [1.807, 2.05) is 36.4 Å². The van der Waals surface area contributed by atoms with Gasteiger partial charge in [0.05, 0.1) is 11.9 Å². The maximum Gasteiger partial charge on any atom is 0.240 e. The molecule has 0 saturated heterocycles. The van der Waals surface area contributed by atoms with Crippen molar-refractivity contribution in [1.29, 1.82) is 0 Å². The van der Waals surface area contributed by atoms with Gasteiger partial charge in [-0.2, -0.15) is 0 Å². The molecule has 0 aromatic heterocycles. The van der Waals surface area contributed by atoms with Gasteiger partial charge in [0, 0.05) is 11.6 Å². The van der Waals surface area contributed by atoms with E-state index >= 15 is 0 Å². The van der Waals surface area contributed by atoms with Gasteiger partial charge in [0.2, 0.25) is 15.9 Å². The fraction of sp³-hybridized carbons (Fsp3) is 0.381. The number of hydrogen-bond donors (Lipinski definition) is 1. The van der Waals surface area contributed by atoms with E-state index in [4.69, 9.17) is 11.6 Å². The second kappa shape index (κ2) is 9.94. The van der Waals surface area contributed by atoms with Crippen LogP contribution in [0.4, 0.5) is 5.69 Å². The van der Waals surface area contributed by atoms with Crippen LogP contribution in [-0.2, 0) is 21.2 Å². The van der Waals surface area contributed by atoms with Crippen LogP contribution in [0.3, 0.4) is 0 Å². The minimum Gasteiger partial charge on any atom is -0.355 e. The zero-order chi connectivity index (χ0) is 20.7. The maximum atomic E-state index is 12.3. The number of hydrogen-bond acceptors (Lipinski definition) is 3. The summed E-state index contributed by atoms with van der Waals surface area (Å²) in [5, 5.41) is 3.49. The minimum atomic E-state index is -3.56. The van der Waals surface area contributed by atoms with Gasteiger partial charge in [0.1, 0.15) is 6.54 Å². The molecule has 0 aliphatic heterocycles. The van der Waals surface area contributed by atoms with Gasteiger partial charge >= 0.3 is 0 Å². The van der Waals surface area contributed by atoms with Crippen molar-refractivity contribution in [2.24, 2.45) is 0 Å². The van der Waals surface area contributed by atoms with Crippen LogP contribution in [0, 0.1) is 0 Å². The smallest absolute Gasteiger partial charge is 0.240 e. The number of sulfonamides is 1. The second-order valence-corrected chi connectivity index (χ2v) is 9.44. The summed E-state index contributed by atoms with van der Waals surface area (Å²) in [5.74, 6) is 0.0270. The van der Waals surface area contributed by atoms with E-state index in [2.05, 4.69) is 19.2 Å². The van der Waals surface area contributed by atoms with Crippen LogP contribution in [0.1, 0.15) is 37.3 Å². The molecule has 0 bridgehead atoms. The number of nitrogens with zero attached hydrogens (tertiary/aromatic N) is 1. The highest BCUT2D eigenvalue weighted by atomic mass is 35.5. The summed E-state index contributed by atoms with van der Waals surface area (Å²) >= 11 is 5.86. The summed E-state index contributed by atoms with van der Waals surface area (Å²) in [6.45, 7) is 4.38. The van der Waals surface area contributed by atoms with Crippen molar-refractivity contribution in [3.8, 4) is 0 Å². The van der Waals surface area contributed by atoms with Crippen LogP contribution in [0.25, 0.3) is 0 Å². The fourth-order valence-electron chi connectivity index (χ4n) is 2.78. The van der Waals surface area contributed by atoms with E-state index < -0.39 is 10.0 Å². The number of carbonyl (C=O) groups is 1. The molecule has 7 heteroatoms. The molecule has 0 heterocycles. The van der Waals surface area contributed by atoms with Gasteiger partial charge < -0.3 is 5.32 Å². The van der Waals surface area contributed by atoms with Crippen molar-refractivity contribution < 1.29 is 13.2 Å². The second-order valence-electron chi connectivity index (χ2n) is 7.10. The van der Waals surface area contributed by atoms with Crippen LogP contribution in [0.5, 0.6) is 0 Å². The number of anilines is 1. The van der Waals surface area contributed by atoms with Crippen molar-refractivity contribution in [2.45, 2.75) is 32.6 Å². The molecule has 152 valence electrons.